The lowest BCUT2D eigenvalue weighted by Crippen LogP contribution is -2.30. The lowest BCUT2D eigenvalue weighted by molar-refractivity contribution is -0.136. The molecule has 1 amide bonds. The Morgan fingerprint density at radius 1 is 1.27 bits per heavy atom. The van der Waals surface area contributed by atoms with Crippen molar-refractivity contribution in [3.05, 3.63) is 41.4 Å². The Balaban J connectivity index is 2.68. The zero-order valence-corrected chi connectivity index (χ0v) is 14.4. The Bertz CT molecular complexity index is 546. The Morgan fingerprint density at radius 2 is 1.91 bits per heavy atom. The SMILES string of the molecule is COC(=O)/C(=C\Sc1ccccc1)NC(=O)OCC(Cl)(Cl)Cl. The maximum Gasteiger partial charge on any atom is 0.411 e. The summed E-state index contributed by atoms with van der Waals surface area (Å²) in [6, 6.07) is 9.24. The van der Waals surface area contributed by atoms with Crippen LogP contribution in [0.3, 0.4) is 0 Å². The van der Waals surface area contributed by atoms with Gasteiger partial charge in [0, 0.05) is 10.3 Å². The van der Waals surface area contributed by atoms with E-state index in [2.05, 4.69) is 14.8 Å². The highest BCUT2D eigenvalue weighted by atomic mass is 35.6. The molecule has 0 radical (unpaired) electrons. The van der Waals surface area contributed by atoms with Crippen LogP contribution in [0.5, 0.6) is 0 Å². The Hall–Kier alpha value is -1.08. The third-order valence-electron chi connectivity index (χ3n) is 2.07. The number of carbonyl (C=O) groups excluding carboxylic acids is 2. The summed E-state index contributed by atoms with van der Waals surface area (Å²) in [5.41, 5.74) is -0.0920. The molecule has 0 aliphatic rings. The first-order valence-electron chi connectivity index (χ1n) is 5.82. The molecule has 0 aliphatic carbocycles. The summed E-state index contributed by atoms with van der Waals surface area (Å²) in [6.07, 6.45) is -0.934. The molecule has 0 aliphatic heterocycles. The van der Waals surface area contributed by atoms with E-state index in [-0.39, 0.29) is 5.70 Å². The van der Waals surface area contributed by atoms with Gasteiger partial charge in [-0.3, -0.25) is 5.32 Å². The van der Waals surface area contributed by atoms with E-state index in [1.807, 2.05) is 30.3 Å². The number of hydrogen-bond donors (Lipinski definition) is 1. The Morgan fingerprint density at radius 3 is 2.45 bits per heavy atom. The molecule has 0 fully saturated rings. The Labute approximate surface area is 146 Å². The number of esters is 1. The van der Waals surface area contributed by atoms with Crippen LogP contribution in [0.1, 0.15) is 0 Å². The van der Waals surface area contributed by atoms with Gasteiger partial charge in [-0.15, -0.1) is 0 Å². The molecular formula is C13H12Cl3NO4S. The van der Waals surface area contributed by atoms with Crippen molar-refractivity contribution in [2.45, 2.75) is 8.69 Å². The fourth-order valence-electron chi connectivity index (χ4n) is 1.16. The summed E-state index contributed by atoms with van der Waals surface area (Å²) in [5, 5.41) is 3.67. The highest BCUT2D eigenvalue weighted by molar-refractivity contribution is 8.02. The fourth-order valence-corrected chi connectivity index (χ4v) is 2.05. The number of hydrogen-bond acceptors (Lipinski definition) is 5. The molecule has 0 atom stereocenters. The zero-order chi connectivity index (χ0) is 16.6. The molecule has 1 N–H and O–H groups in total. The van der Waals surface area contributed by atoms with Crippen LogP contribution in [-0.4, -0.2) is 29.6 Å². The average molecular weight is 385 g/mol. The first kappa shape index (κ1) is 19.0. The summed E-state index contributed by atoms with van der Waals surface area (Å²) in [4.78, 5) is 24.1. The van der Waals surface area contributed by atoms with Crippen LogP contribution in [0, 0.1) is 0 Å². The number of thioether (sulfide) groups is 1. The van der Waals surface area contributed by atoms with Gasteiger partial charge in [-0.2, -0.15) is 0 Å². The summed E-state index contributed by atoms with van der Waals surface area (Å²) >= 11 is 17.6. The van der Waals surface area contributed by atoms with Crippen molar-refractivity contribution in [1.29, 1.82) is 0 Å². The molecule has 0 spiro atoms. The average Bonchev–Trinajstić information content (AvgIpc) is 2.49. The quantitative estimate of drug-likeness (QED) is 0.361. The number of carbonyl (C=O) groups is 2. The predicted octanol–water partition coefficient (Wildman–Crippen LogP) is 3.89. The van der Waals surface area contributed by atoms with Gasteiger partial charge >= 0.3 is 12.1 Å². The lowest BCUT2D eigenvalue weighted by atomic mass is 10.4. The summed E-state index contributed by atoms with van der Waals surface area (Å²) < 4.78 is 7.53. The van der Waals surface area contributed by atoms with E-state index >= 15 is 0 Å². The zero-order valence-electron chi connectivity index (χ0n) is 11.3. The number of rotatable bonds is 5. The first-order valence-corrected chi connectivity index (χ1v) is 7.84. The third-order valence-corrected chi connectivity index (χ3v) is 3.29. The number of halogens is 3. The first-order chi connectivity index (χ1) is 10.3. The maximum absolute atomic E-state index is 11.6. The molecule has 9 heteroatoms. The van der Waals surface area contributed by atoms with Gasteiger partial charge in [0.1, 0.15) is 12.3 Å². The topological polar surface area (TPSA) is 64.6 Å². The van der Waals surface area contributed by atoms with Gasteiger partial charge in [0.2, 0.25) is 3.79 Å². The largest absolute Gasteiger partial charge is 0.464 e. The van der Waals surface area contributed by atoms with Gasteiger partial charge in [-0.25, -0.2) is 9.59 Å². The van der Waals surface area contributed by atoms with Crippen LogP contribution in [0.15, 0.2) is 46.3 Å². The lowest BCUT2D eigenvalue weighted by Gasteiger charge is -2.12. The molecule has 1 aromatic carbocycles. The number of alkyl carbamates (subject to hydrolysis) is 1. The van der Waals surface area contributed by atoms with Crippen molar-refractivity contribution in [3.8, 4) is 0 Å². The summed E-state index contributed by atoms with van der Waals surface area (Å²) in [7, 11) is 1.19. The molecule has 5 nitrogen and oxygen atoms in total. The van der Waals surface area contributed by atoms with Crippen LogP contribution in [0.2, 0.25) is 0 Å². The smallest absolute Gasteiger partial charge is 0.411 e. The van der Waals surface area contributed by atoms with Crippen molar-refractivity contribution in [2.24, 2.45) is 0 Å². The molecule has 0 saturated carbocycles. The van der Waals surface area contributed by atoms with Crippen LogP contribution < -0.4 is 5.32 Å². The minimum atomic E-state index is -1.73. The van der Waals surface area contributed by atoms with Gasteiger partial charge < -0.3 is 9.47 Å². The molecular weight excluding hydrogens is 373 g/mol. The standard InChI is InChI=1S/C13H12Cl3NO4S/c1-20-11(18)10(7-22-9-5-3-2-4-6-9)17-12(19)21-8-13(14,15)16/h2-7H,8H2,1H3,(H,17,19)/b10-7+. The minimum absolute atomic E-state index is 0.0920. The van der Waals surface area contributed by atoms with Crippen LogP contribution >= 0.6 is 46.6 Å². The number of benzene rings is 1. The van der Waals surface area contributed by atoms with Gasteiger partial charge in [0.05, 0.1) is 7.11 Å². The van der Waals surface area contributed by atoms with E-state index in [1.54, 1.807) is 0 Å². The van der Waals surface area contributed by atoms with Crippen molar-refractivity contribution in [3.63, 3.8) is 0 Å². The number of alkyl halides is 3. The number of nitrogens with one attached hydrogen (secondary N) is 1. The highest BCUT2D eigenvalue weighted by Gasteiger charge is 2.23. The second kappa shape index (κ2) is 9.15. The summed E-state index contributed by atoms with van der Waals surface area (Å²) in [5.74, 6) is -0.728. The molecule has 0 unspecified atom stereocenters. The van der Waals surface area contributed by atoms with E-state index in [0.717, 1.165) is 4.90 Å². The number of methoxy groups -OCH3 is 1. The molecule has 120 valence electrons. The van der Waals surface area contributed by atoms with Gasteiger partial charge in [-0.1, -0.05) is 64.8 Å². The van der Waals surface area contributed by atoms with E-state index < -0.39 is 22.5 Å². The molecule has 0 bridgehead atoms. The van der Waals surface area contributed by atoms with E-state index in [1.165, 1.54) is 24.3 Å². The predicted molar refractivity (Wildman–Crippen MR) is 87.2 cm³/mol. The van der Waals surface area contributed by atoms with Gasteiger partial charge in [0.25, 0.3) is 0 Å². The molecule has 0 aromatic heterocycles. The van der Waals surface area contributed by atoms with Crippen molar-refractivity contribution in [1.82, 2.24) is 5.32 Å². The monoisotopic (exact) mass is 383 g/mol. The molecule has 0 heterocycles. The van der Waals surface area contributed by atoms with E-state index in [4.69, 9.17) is 34.8 Å². The molecule has 1 aromatic rings. The number of ether oxygens (including phenoxy) is 2. The van der Waals surface area contributed by atoms with E-state index in [9.17, 15) is 9.59 Å². The van der Waals surface area contributed by atoms with Crippen LogP contribution in [0.4, 0.5) is 4.79 Å². The van der Waals surface area contributed by atoms with Crippen LogP contribution in [0.25, 0.3) is 0 Å². The molecule has 22 heavy (non-hydrogen) atoms. The molecule has 0 saturated heterocycles. The second-order valence-electron chi connectivity index (χ2n) is 3.77. The normalized spacial score (nSPS) is 11.7. The minimum Gasteiger partial charge on any atom is -0.464 e. The van der Waals surface area contributed by atoms with Gasteiger partial charge in [-0.05, 0) is 12.1 Å². The van der Waals surface area contributed by atoms with Crippen LogP contribution in [-0.2, 0) is 14.3 Å². The van der Waals surface area contributed by atoms with Crippen molar-refractivity contribution >= 4 is 58.6 Å². The highest BCUT2D eigenvalue weighted by Crippen LogP contribution is 2.26. The summed E-state index contributed by atoms with van der Waals surface area (Å²) in [6.45, 7) is -0.455. The maximum atomic E-state index is 11.6. The van der Waals surface area contributed by atoms with E-state index in [0.29, 0.717) is 0 Å². The van der Waals surface area contributed by atoms with Crippen molar-refractivity contribution < 1.29 is 19.1 Å². The molecule has 1 rings (SSSR count). The Kier molecular flexibility index (Phi) is 7.89. The third kappa shape index (κ3) is 7.79. The number of amides is 1. The van der Waals surface area contributed by atoms with Crippen molar-refractivity contribution in [2.75, 3.05) is 13.7 Å². The van der Waals surface area contributed by atoms with Gasteiger partial charge in [0.15, 0.2) is 0 Å². The second-order valence-corrected chi connectivity index (χ2v) is 7.23. The fraction of sp³-hybridized carbons (Fsp3) is 0.231.